The lowest BCUT2D eigenvalue weighted by Gasteiger charge is -2.08. The summed E-state index contributed by atoms with van der Waals surface area (Å²) in [5.41, 5.74) is 11.6. The number of hydrogen-bond donors (Lipinski definition) is 4. The Bertz CT molecular complexity index is 540. The molecule has 6 nitrogen and oxygen atoms in total. The number of phenols is 1. The van der Waals surface area contributed by atoms with E-state index in [2.05, 4.69) is 15.3 Å². The second kappa shape index (κ2) is 4.12. The van der Waals surface area contributed by atoms with Crippen molar-refractivity contribution in [1.29, 1.82) is 0 Å². The van der Waals surface area contributed by atoms with Crippen LogP contribution in [-0.4, -0.2) is 15.1 Å². The lowest BCUT2D eigenvalue weighted by molar-refractivity contribution is 0.476. The first-order valence-electron chi connectivity index (χ1n) is 4.69. The van der Waals surface area contributed by atoms with Crippen LogP contribution < -0.4 is 16.8 Å². The number of aromatic nitrogens is 2. The number of nitrogens with zero attached hydrogens (tertiary/aromatic N) is 2. The first-order chi connectivity index (χ1) is 8.04. The van der Waals surface area contributed by atoms with Crippen LogP contribution >= 0.6 is 0 Å². The van der Waals surface area contributed by atoms with Gasteiger partial charge >= 0.3 is 0 Å². The van der Waals surface area contributed by atoms with E-state index in [1.807, 2.05) is 0 Å². The summed E-state index contributed by atoms with van der Waals surface area (Å²) in [5, 5.41) is 12.0. The third-order valence-corrected chi connectivity index (χ3v) is 1.97. The molecule has 7 heteroatoms. The number of nitrogens with one attached hydrogen (secondary N) is 1. The van der Waals surface area contributed by atoms with E-state index >= 15 is 0 Å². The van der Waals surface area contributed by atoms with Crippen molar-refractivity contribution in [1.82, 2.24) is 9.97 Å². The molecule has 6 N–H and O–H groups in total. The largest absolute Gasteiger partial charge is 0.508 e. The molecule has 1 aromatic heterocycles. The minimum Gasteiger partial charge on any atom is -0.508 e. The molecule has 0 atom stereocenters. The van der Waals surface area contributed by atoms with Crippen LogP contribution in [0.5, 0.6) is 5.75 Å². The number of benzene rings is 1. The predicted molar refractivity (Wildman–Crippen MR) is 62.2 cm³/mol. The Morgan fingerprint density at radius 1 is 1.24 bits per heavy atom. The quantitative estimate of drug-likeness (QED) is 0.583. The first kappa shape index (κ1) is 10.9. The number of aromatic hydroxyl groups is 1. The van der Waals surface area contributed by atoms with Crippen molar-refractivity contribution in [3.8, 4) is 5.75 Å². The highest BCUT2D eigenvalue weighted by atomic mass is 19.1. The maximum atomic E-state index is 13.3. The highest BCUT2D eigenvalue weighted by molar-refractivity contribution is 5.64. The smallest absolute Gasteiger partial charge is 0.222 e. The van der Waals surface area contributed by atoms with Gasteiger partial charge in [0.15, 0.2) is 11.6 Å². The van der Waals surface area contributed by atoms with Crippen LogP contribution in [0.2, 0.25) is 0 Å². The fourth-order valence-corrected chi connectivity index (χ4v) is 1.31. The Balaban J connectivity index is 2.34. The van der Waals surface area contributed by atoms with Crippen LogP contribution in [0, 0.1) is 5.82 Å². The Labute approximate surface area is 96.1 Å². The highest BCUT2D eigenvalue weighted by Gasteiger charge is 2.06. The molecule has 0 spiro atoms. The molecule has 0 aliphatic heterocycles. The van der Waals surface area contributed by atoms with E-state index in [9.17, 15) is 9.50 Å². The lowest BCUT2D eigenvalue weighted by atomic mass is 10.2. The van der Waals surface area contributed by atoms with E-state index in [4.69, 9.17) is 11.5 Å². The van der Waals surface area contributed by atoms with Crippen LogP contribution in [0.15, 0.2) is 24.4 Å². The number of phenolic OH excluding ortho intramolecular Hbond substituents is 1. The zero-order valence-corrected chi connectivity index (χ0v) is 8.68. The van der Waals surface area contributed by atoms with Gasteiger partial charge in [-0.2, -0.15) is 4.98 Å². The molecule has 88 valence electrons. The number of nitrogens with two attached hydrogens (primary N) is 2. The molecule has 0 saturated carbocycles. The number of halogens is 1. The molecule has 0 bridgehead atoms. The molecule has 2 rings (SSSR count). The molecule has 2 aromatic rings. The average Bonchev–Trinajstić information content (AvgIpc) is 2.22. The summed E-state index contributed by atoms with van der Waals surface area (Å²) >= 11 is 0. The topological polar surface area (TPSA) is 110 Å². The molecule has 17 heavy (non-hydrogen) atoms. The third kappa shape index (κ3) is 2.51. The zero-order valence-electron chi connectivity index (χ0n) is 8.68. The first-order valence-corrected chi connectivity index (χ1v) is 4.69. The Hall–Kier alpha value is -2.57. The van der Waals surface area contributed by atoms with Crippen molar-refractivity contribution in [2.75, 3.05) is 16.8 Å². The Morgan fingerprint density at radius 2 is 2.00 bits per heavy atom. The Kier molecular flexibility index (Phi) is 2.65. The summed E-state index contributed by atoms with van der Waals surface area (Å²) in [6.07, 6.45) is 0.955. The molecule has 0 amide bonds. The van der Waals surface area contributed by atoms with E-state index in [-0.39, 0.29) is 17.5 Å². The van der Waals surface area contributed by atoms with Crippen molar-refractivity contribution >= 4 is 23.1 Å². The second-order valence-electron chi connectivity index (χ2n) is 3.36. The summed E-state index contributed by atoms with van der Waals surface area (Å²) in [5.74, 6) is -0.819. The zero-order chi connectivity index (χ0) is 12.4. The van der Waals surface area contributed by atoms with Crippen LogP contribution in [-0.2, 0) is 0 Å². The molecule has 1 heterocycles. The Morgan fingerprint density at radius 3 is 2.71 bits per heavy atom. The third-order valence-electron chi connectivity index (χ3n) is 1.97. The van der Waals surface area contributed by atoms with E-state index in [1.165, 1.54) is 18.2 Å². The molecule has 0 fully saturated rings. The van der Waals surface area contributed by atoms with Gasteiger partial charge in [0.1, 0.15) is 5.75 Å². The van der Waals surface area contributed by atoms with E-state index in [0.29, 0.717) is 11.4 Å². The van der Waals surface area contributed by atoms with Gasteiger partial charge in [-0.05, 0) is 6.07 Å². The molecule has 1 aromatic carbocycles. The molecule has 0 aliphatic rings. The molecule has 0 unspecified atom stereocenters. The van der Waals surface area contributed by atoms with Gasteiger partial charge in [-0.25, -0.2) is 9.37 Å². The summed E-state index contributed by atoms with van der Waals surface area (Å²) in [6.45, 7) is 0. The normalized spacial score (nSPS) is 10.2. The van der Waals surface area contributed by atoms with Gasteiger partial charge < -0.3 is 21.9 Å². The fraction of sp³-hybridized carbons (Fsp3) is 0. The monoisotopic (exact) mass is 235 g/mol. The summed E-state index contributed by atoms with van der Waals surface area (Å²) < 4.78 is 13.3. The molecule has 0 radical (unpaired) electrons. The van der Waals surface area contributed by atoms with Gasteiger partial charge in [-0.1, -0.05) is 0 Å². The van der Waals surface area contributed by atoms with Crippen LogP contribution in [0.1, 0.15) is 0 Å². The van der Waals surface area contributed by atoms with Crippen molar-refractivity contribution in [2.24, 2.45) is 0 Å². The van der Waals surface area contributed by atoms with Gasteiger partial charge in [0.05, 0.1) is 6.20 Å². The van der Waals surface area contributed by atoms with Crippen molar-refractivity contribution in [3.63, 3.8) is 0 Å². The second-order valence-corrected chi connectivity index (χ2v) is 3.36. The van der Waals surface area contributed by atoms with Gasteiger partial charge in [-0.3, -0.25) is 0 Å². The average molecular weight is 235 g/mol. The standard InChI is InChI=1S/C10H10FN5O/c11-8-4-14-10(13)16-9(8)15-6-1-5(12)2-7(17)3-6/h1-4,17H,12H2,(H3,13,14,15,16). The minimum atomic E-state index is -0.652. The molecule has 0 saturated heterocycles. The van der Waals surface area contributed by atoms with Crippen molar-refractivity contribution in [2.45, 2.75) is 0 Å². The summed E-state index contributed by atoms with van der Waals surface area (Å²) in [4.78, 5) is 7.18. The number of hydrogen-bond acceptors (Lipinski definition) is 6. The van der Waals surface area contributed by atoms with Gasteiger partial charge in [0, 0.05) is 23.5 Å². The van der Waals surface area contributed by atoms with Crippen molar-refractivity contribution < 1.29 is 9.50 Å². The number of rotatable bonds is 2. The molecular weight excluding hydrogens is 225 g/mol. The van der Waals surface area contributed by atoms with E-state index in [1.54, 1.807) is 0 Å². The molecular formula is C10H10FN5O. The van der Waals surface area contributed by atoms with Gasteiger partial charge in [-0.15, -0.1) is 0 Å². The maximum absolute atomic E-state index is 13.3. The highest BCUT2D eigenvalue weighted by Crippen LogP contribution is 2.24. The van der Waals surface area contributed by atoms with Crippen LogP contribution in [0.3, 0.4) is 0 Å². The number of anilines is 4. The van der Waals surface area contributed by atoms with Gasteiger partial charge in [0.25, 0.3) is 0 Å². The SMILES string of the molecule is Nc1cc(O)cc(Nc2nc(N)ncc2F)c1. The summed E-state index contributed by atoms with van der Waals surface area (Å²) in [7, 11) is 0. The van der Waals surface area contributed by atoms with Crippen LogP contribution in [0.25, 0.3) is 0 Å². The van der Waals surface area contributed by atoms with Crippen LogP contribution in [0.4, 0.5) is 27.5 Å². The van der Waals surface area contributed by atoms with E-state index < -0.39 is 5.82 Å². The minimum absolute atomic E-state index is 0.0325. The fourth-order valence-electron chi connectivity index (χ4n) is 1.31. The maximum Gasteiger partial charge on any atom is 0.222 e. The van der Waals surface area contributed by atoms with Gasteiger partial charge in [0.2, 0.25) is 5.95 Å². The lowest BCUT2D eigenvalue weighted by Crippen LogP contribution is -2.02. The predicted octanol–water partition coefficient (Wildman–Crippen LogP) is 1.23. The molecule has 0 aliphatic carbocycles. The summed E-state index contributed by atoms with van der Waals surface area (Å²) in [6, 6.07) is 4.28. The number of nitrogen functional groups attached to an aromatic ring is 2. The van der Waals surface area contributed by atoms with Crippen molar-refractivity contribution in [3.05, 3.63) is 30.2 Å². The van der Waals surface area contributed by atoms with E-state index in [0.717, 1.165) is 6.20 Å².